The fourth-order valence-electron chi connectivity index (χ4n) is 1.90. The number of aryl methyl sites for hydroxylation is 1. The van der Waals surface area contributed by atoms with Crippen LogP contribution < -0.4 is 0 Å². The Morgan fingerprint density at radius 1 is 1.17 bits per heavy atom. The smallest absolute Gasteiger partial charge is 0.132 e. The van der Waals surface area contributed by atoms with Gasteiger partial charge in [0.1, 0.15) is 17.7 Å². The summed E-state index contributed by atoms with van der Waals surface area (Å²) in [6.45, 7) is 1.89. The van der Waals surface area contributed by atoms with Crippen molar-refractivity contribution >= 4 is 0 Å². The Hall–Kier alpha value is -1.81. The van der Waals surface area contributed by atoms with Crippen LogP contribution in [0.3, 0.4) is 0 Å². The lowest BCUT2D eigenvalue weighted by Gasteiger charge is -2.15. The summed E-state index contributed by atoms with van der Waals surface area (Å²) in [6.07, 6.45) is 0.745. The molecule has 0 bridgehead atoms. The van der Waals surface area contributed by atoms with Crippen molar-refractivity contribution in [3.63, 3.8) is 0 Å². The Morgan fingerprint density at radius 2 is 1.83 bits per heavy atom. The molecule has 1 atom stereocenters. The number of hydrogen-bond acceptors (Lipinski definition) is 2. The van der Waals surface area contributed by atoms with Gasteiger partial charge in [-0.15, -0.1) is 0 Å². The fraction of sp³-hybridized carbons (Fsp3) is 0.214. The van der Waals surface area contributed by atoms with E-state index >= 15 is 0 Å². The second kappa shape index (κ2) is 5.23. The number of hydrogen-bond donors (Lipinski definition) is 1. The van der Waals surface area contributed by atoms with Crippen molar-refractivity contribution in [2.75, 3.05) is 0 Å². The van der Waals surface area contributed by atoms with Gasteiger partial charge in [0, 0.05) is 6.20 Å². The van der Waals surface area contributed by atoms with Crippen LogP contribution in [0.2, 0.25) is 0 Å². The first-order valence-corrected chi connectivity index (χ1v) is 5.71. The van der Waals surface area contributed by atoms with Crippen molar-refractivity contribution in [2.24, 2.45) is 0 Å². The molecular formula is C14H13F2NO. The number of aromatic nitrogens is 1. The quantitative estimate of drug-likeness (QED) is 0.907. The van der Waals surface area contributed by atoms with Crippen LogP contribution in [0.15, 0.2) is 36.5 Å². The summed E-state index contributed by atoms with van der Waals surface area (Å²) in [5, 5.41) is 10.1. The number of pyridine rings is 1. The third-order valence-electron chi connectivity index (χ3n) is 2.84. The second-order valence-corrected chi connectivity index (χ2v) is 3.94. The summed E-state index contributed by atoms with van der Waals surface area (Å²) >= 11 is 0. The number of aliphatic hydroxyl groups is 1. The number of benzene rings is 1. The van der Waals surface area contributed by atoms with Crippen molar-refractivity contribution in [1.82, 2.24) is 4.98 Å². The number of rotatable bonds is 3. The van der Waals surface area contributed by atoms with Gasteiger partial charge < -0.3 is 5.11 Å². The molecule has 2 rings (SSSR count). The zero-order valence-electron chi connectivity index (χ0n) is 9.90. The molecule has 4 heteroatoms. The third-order valence-corrected chi connectivity index (χ3v) is 2.84. The van der Waals surface area contributed by atoms with Crippen molar-refractivity contribution in [2.45, 2.75) is 19.4 Å². The van der Waals surface area contributed by atoms with E-state index in [0.717, 1.165) is 17.7 Å². The molecule has 0 fully saturated rings. The molecule has 2 aromatic rings. The second-order valence-electron chi connectivity index (χ2n) is 3.94. The molecule has 1 heterocycles. The molecule has 0 aliphatic rings. The lowest BCUT2D eigenvalue weighted by atomic mass is 10.00. The first kappa shape index (κ1) is 12.6. The van der Waals surface area contributed by atoms with Gasteiger partial charge in [-0.1, -0.05) is 19.1 Å². The van der Waals surface area contributed by atoms with Crippen molar-refractivity contribution < 1.29 is 13.9 Å². The van der Waals surface area contributed by atoms with E-state index < -0.39 is 17.7 Å². The highest BCUT2D eigenvalue weighted by Crippen LogP contribution is 2.27. The van der Waals surface area contributed by atoms with E-state index in [1.54, 1.807) is 12.1 Å². The van der Waals surface area contributed by atoms with E-state index in [0.29, 0.717) is 12.1 Å². The maximum Gasteiger partial charge on any atom is 0.132 e. The van der Waals surface area contributed by atoms with Crippen LogP contribution in [0.25, 0.3) is 0 Å². The normalized spacial score (nSPS) is 12.4. The zero-order chi connectivity index (χ0) is 13.1. The Morgan fingerprint density at radius 3 is 2.44 bits per heavy atom. The van der Waals surface area contributed by atoms with Gasteiger partial charge in [0.15, 0.2) is 0 Å². The minimum absolute atomic E-state index is 0.295. The molecule has 1 aromatic carbocycles. The summed E-state index contributed by atoms with van der Waals surface area (Å²) in [5.41, 5.74) is 0.711. The SMILES string of the molecule is CCc1cccnc1C(O)c1c(F)cccc1F. The molecule has 1 aromatic heterocycles. The standard InChI is InChI=1S/C14H13F2NO/c1-2-9-5-4-8-17-13(9)14(18)12-10(15)6-3-7-11(12)16/h3-8,14,18H,2H2,1H3. The highest BCUT2D eigenvalue weighted by atomic mass is 19.1. The van der Waals surface area contributed by atoms with Gasteiger partial charge >= 0.3 is 0 Å². The van der Waals surface area contributed by atoms with E-state index in [2.05, 4.69) is 4.98 Å². The predicted molar refractivity (Wildman–Crippen MR) is 64.0 cm³/mol. The summed E-state index contributed by atoms with van der Waals surface area (Å²) in [5.74, 6) is -1.54. The Labute approximate surface area is 104 Å². The van der Waals surface area contributed by atoms with E-state index in [4.69, 9.17) is 0 Å². The topological polar surface area (TPSA) is 33.1 Å². The van der Waals surface area contributed by atoms with Crippen molar-refractivity contribution in [1.29, 1.82) is 0 Å². The Balaban J connectivity index is 2.51. The van der Waals surface area contributed by atoms with Crippen LogP contribution in [0, 0.1) is 11.6 Å². The highest BCUT2D eigenvalue weighted by molar-refractivity contribution is 5.32. The van der Waals surface area contributed by atoms with Crippen molar-refractivity contribution in [3.05, 3.63) is 65.0 Å². The van der Waals surface area contributed by atoms with Gasteiger partial charge in [-0.25, -0.2) is 8.78 Å². The van der Waals surface area contributed by atoms with E-state index in [1.807, 2.05) is 6.92 Å². The van der Waals surface area contributed by atoms with Gasteiger partial charge in [0.05, 0.1) is 11.3 Å². The monoisotopic (exact) mass is 249 g/mol. The van der Waals surface area contributed by atoms with Gasteiger partial charge in [-0.05, 0) is 30.2 Å². The molecule has 1 N–H and O–H groups in total. The van der Waals surface area contributed by atoms with Crippen LogP contribution in [0.1, 0.15) is 29.8 Å². The maximum atomic E-state index is 13.6. The zero-order valence-corrected chi connectivity index (χ0v) is 9.90. The van der Waals surface area contributed by atoms with Gasteiger partial charge in [-0.3, -0.25) is 4.98 Å². The lowest BCUT2D eigenvalue weighted by Crippen LogP contribution is -2.10. The van der Waals surface area contributed by atoms with Crippen LogP contribution in [0.5, 0.6) is 0 Å². The van der Waals surface area contributed by atoms with Crippen LogP contribution in [-0.4, -0.2) is 10.1 Å². The molecule has 0 aliphatic heterocycles. The molecule has 2 nitrogen and oxygen atoms in total. The third kappa shape index (κ3) is 2.24. The Kier molecular flexibility index (Phi) is 3.67. The molecule has 0 saturated carbocycles. The minimum Gasteiger partial charge on any atom is -0.382 e. The number of nitrogens with zero attached hydrogens (tertiary/aromatic N) is 1. The maximum absolute atomic E-state index is 13.6. The summed E-state index contributed by atoms with van der Waals surface area (Å²) in [4.78, 5) is 4.02. The van der Waals surface area contributed by atoms with E-state index in [9.17, 15) is 13.9 Å². The van der Waals surface area contributed by atoms with Gasteiger partial charge in [-0.2, -0.15) is 0 Å². The average Bonchev–Trinajstić information content (AvgIpc) is 2.38. The van der Waals surface area contributed by atoms with Gasteiger partial charge in [0.25, 0.3) is 0 Å². The molecule has 0 saturated heterocycles. The van der Waals surface area contributed by atoms with Crippen molar-refractivity contribution in [3.8, 4) is 0 Å². The van der Waals surface area contributed by atoms with Crippen LogP contribution >= 0.6 is 0 Å². The molecule has 0 radical (unpaired) electrons. The molecule has 18 heavy (non-hydrogen) atoms. The highest BCUT2D eigenvalue weighted by Gasteiger charge is 2.22. The molecule has 0 spiro atoms. The summed E-state index contributed by atoms with van der Waals surface area (Å²) < 4.78 is 27.2. The van der Waals surface area contributed by atoms with E-state index in [-0.39, 0.29) is 5.56 Å². The first-order valence-electron chi connectivity index (χ1n) is 5.71. The molecule has 0 aliphatic carbocycles. The first-order chi connectivity index (χ1) is 8.65. The minimum atomic E-state index is -1.39. The average molecular weight is 249 g/mol. The van der Waals surface area contributed by atoms with E-state index in [1.165, 1.54) is 12.3 Å². The van der Waals surface area contributed by atoms with Crippen LogP contribution in [-0.2, 0) is 6.42 Å². The molecule has 0 amide bonds. The summed E-state index contributed by atoms with van der Waals surface area (Å²) in [6, 6.07) is 7.02. The lowest BCUT2D eigenvalue weighted by molar-refractivity contribution is 0.203. The fourth-order valence-corrected chi connectivity index (χ4v) is 1.90. The predicted octanol–water partition coefficient (Wildman–Crippen LogP) is 3.00. The number of aliphatic hydroxyl groups excluding tert-OH is 1. The summed E-state index contributed by atoms with van der Waals surface area (Å²) in [7, 11) is 0. The molecular weight excluding hydrogens is 236 g/mol. The molecule has 1 unspecified atom stereocenters. The van der Waals surface area contributed by atoms with Gasteiger partial charge in [0.2, 0.25) is 0 Å². The Bertz CT molecular complexity index is 537. The molecule has 94 valence electrons. The largest absolute Gasteiger partial charge is 0.382 e. The number of halogens is 2. The van der Waals surface area contributed by atoms with Crippen LogP contribution in [0.4, 0.5) is 8.78 Å².